The van der Waals surface area contributed by atoms with Crippen LogP contribution in [-0.4, -0.2) is 61.3 Å². The zero-order valence-electron chi connectivity index (χ0n) is 14.2. The van der Waals surface area contributed by atoms with Gasteiger partial charge in [-0.2, -0.15) is 0 Å². The summed E-state index contributed by atoms with van der Waals surface area (Å²) in [4.78, 5) is 5.12. The first-order valence-electron chi connectivity index (χ1n) is 8.42. The highest BCUT2D eigenvalue weighted by atomic mass is 16.5. The van der Waals surface area contributed by atoms with Gasteiger partial charge in [0, 0.05) is 39.3 Å². The van der Waals surface area contributed by atoms with Crippen molar-refractivity contribution >= 4 is 0 Å². The van der Waals surface area contributed by atoms with Crippen molar-refractivity contribution in [1.29, 1.82) is 0 Å². The van der Waals surface area contributed by atoms with Crippen LogP contribution in [0.4, 0.5) is 0 Å². The van der Waals surface area contributed by atoms with Crippen molar-refractivity contribution in [3.8, 4) is 0 Å². The van der Waals surface area contributed by atoms with Gasteiger partial charge in [0.1, 0.15) is 0 Å². The number of hydrogen-bond donors (Lipinski definition) is 0. The van der Waals surface area contributed by atoms with E-state index in [2.05, 4.69) is 44.4 Å². The first-order chi connectivity index (χ1) is 9.32. The first-order valence-corrected chi connectivity index (χ1v) is 8.42. The monoisotopic (exact) mass is 282 g/mol. The van der Waals surface area contributed by atoms with Gasteiger partial charge in [0.25, 0.3) is 0 Å². The third-order valence-corrected chi connectivity index (χ3v) is 4.16. The van der Waals surface area contributed by atoms with Crippen molar-refractivity contribution in [1.82, 2.24) is 9.80 Å². The van der Waals surface area contributed by atoms with Crippen molar-refractivity contribution in [2.45, 2.75) is 59.7 Å². The molecule has 0 aromatic rings. The molecule has 0 amide bonds. The maximum absolute atomic E-state index is 6.26. The van der Waals surface area contributed by atoms with Gasteiger partial charge in [0.05, 0.1) is 12.2 Å². The minimum atomic E-state index is 0.410. The number of piperidine rings is 1. The molecule has 0 atom stereocenters. The summed E-state index contributed by atoms with van der Waals surface area (Å²) in [7, 11) is 0. The van der Waals surface area contributed by atoms with Crippen LogP contribution in [0.25, 0.3) is 0 Å². The summed E-state index contributed by atoms with van der Waals surface area (Å²) >= 11 is 0. The van der Waals surface area contributed by atoms with Crippen LogP contribution in [0.3, 0.4) is 0 Å². The molecule has 2 aliphatic rings. The van der Waals surface area contributed by atoms with E-state index in [-0.39, 0.29) is 0 Å². The summed E-state index contributed by atoms with van der Waals surface area (Å²) in [5.74, 6) is 0.782. The van der Waals surface area contributed by atoms with Gasteiger partial charge in [-0.05, 0) is 24.2 Å². The molecule has 0 bridgehead atoms. The molecule has 0 radical (unpaired) electrons. The van der Waals surface area contributed by atoms with E-state index in [9.17, 15) is 0 Å². The summed E-state index contributed by atoms with van der Waals surface area (Å²) in [5, 5.41) is 0. The summed E-state index contributed by atoms with van der Waals surface area (Å²) in [6.45, 7) is 18.7. The SMILES string of the molecule is CC(C)CN1CCC(OC2CN(CC(C)(C)C)C2)CC1. The lowest BCUT2D eigenvalue weighted by Gasteiger charge is -2.44. The van der Waals surface area contributed by atoms with Gasteiger partial charge in [0.15, 0.2) is 0 Å². The second-order valence-electron chi connectivity index (χ2n) is 8.41. The topological polar surface area (TPSA) is 15.7 Å². The largest absolute Gasteiger partial charge is 0.372 e. The summed E-state index contributed by atoms with van der Waals surface area (Å²) in [5.41, 5.74) is 0.410. The Kier molecular flexibility index (Phi) is 5.49. The Bertz CT molecular complexity index is 284. The third-order valence-electron chi connectivity index (χ3n) is 4.16. The minimum Gasteiger partial charge on any atom is -0.372 e. The van der Waals surface area contributed by atoms with E-state index in [4.69, 9.17) is 4.74 Å². The molecule has 0 aliphatic carbocycles. The Morgan fingerprint density at radius 3 is 2.10 bits per heavy atom. The highest BCUT2D eigenvalue weighted by molar-refractivity contribution is 4.85. The van der Waals surface area contributed by atoms with Crippen LogP contribution in [0.1, 0.15) is 47.5 Å². The predicted molar refractivity (Wildman–Crippen MR) is 85.1 cm³/mol. The molecule has 0 aromatic carbocycles. The highest BCUT2D eigenvalue weighted by Crippen LogP contribution is 2.24. The average Bonchev–Trinajstić information content (AvgIpc) is 2.26. The second kappa shape index (κ2) is 6.76. The Morgan fingerprint density at radius 2 is 1.60 bits per heavy atom. The number of rotatable bonds is 5. The molecule has 2 aliphatic heterocycles. The molecule has 2 heterocycles. The van der Waals surface area contributed by atoms with Gasteiger partial charge in [0.2, 0.25) is 0 Å². The van der Waals surface area contributed by atoms with Crippen molar-refractivity contribution in [2.24, 2.45) is 11.3 Å². The number of ether oxygens (including phenoxy) is 1. The molecular weight excluding hydrogens is 248 g/mol. The molecular formula is C17H34N2O. The Balaban J connectivity index is 1.59. The lowest BCUT2D eigenvalue weighted by Crippen LogP contribution is -2.56. The molecule has 2 fully saturated rings. The van der Waals surface area contributed by atoms with Gasteiger partial charge < -0.3 is 9.64 Å². The maximum atomic E-state index is 6.26. The van der Waals surface area contributed by atoms with Crippen LogP contribution < -0.4 is 0 Å². The molecule has 0 spiro atoms. The second-order valence-corrected chi connectivity index (χ2v) is 8.41. The van der Waals surface area contributed by atoms with Crippen LogP contribution in [0.2, 0.25) is 0 Å². The Hall–Kier alpha value is -0.120. The van der Waals surface area contributed by atoms with E-state index >= 15 is 0 Å². The molecule has 2 rings (SSSR count). The molecule has 0 saturated carbocycles. The fourth-order valence-electron chi connectivity index (χ4n) is 3.42. The molecule has 2 saturated heterocycles. The Morgan fingerprint density at radius 1 is 1.00 bits per heavy atom. The molecule has 3 nitrogen and oxygen atoms in total. The van der Waals surface area contributed by atoms with E-state index in [1.807, 2.05) is 0 Å². The minimum absolute atomic E-state index is 0.410. The smallest absolute Gasteiger partial charge is 0.0832 e. The van der Waals surface area contributed by atoms with Gasteiger partial charge in [-0.1, -0.05) is 34.6 Å². The van der Waals surface area contributed by atoms with E-state index in [1.165, 1.54) is 39.0 Å². The predicted octanol–water partition coefficient (Wildman–Crippen LogP) is 2.85. The summed E-state index contributed by atoms with van der Waals surface area (Å²) in [6, 6.07) is 0. The van der Waals surface area contributed by atoms with Crippen LogP contribution in [0, 0.1) is 11.3 Å². The van der Waals surface area contributed by atoms with Crippen LogP contribution in [0.5, 0.6) is 0 Å². The average molecular weight is 282 g/mol. The molecule has 0 aromatic heterocycles. The molecule has 3 heteroatoms. The molecule has 0 unspecified atom stereocenters. The van der Waals surface area contributed by atoms with Crippen molar-refractivity contribution in [3.05, 3.63) is 0 Å². The van der Waals surface area contributed by atoms with Gasteiger partial charge in [-0.25, -0.2) is 0 Å². The van der Waals surface area contributed by atoms with E-state index in [1.54, 1.807) is 0 Å². The van der Waals surface area contributed by atoms with Crippen LogP contribution in [0.15, 0.2) is 0 Å². The number of nitrogens with zero attached hydrogens (tertiary/aromatic N) is 2. The van der Waals surface area contributed by atoms with E-state index in [0.29, 0.717) is 17.6 Å². The maximum Gasteiger partial charge on any atom is 0.0832 e. The Labute approximate surface area is 125 Å². The van der Waals surface area contributed by atoms with Crippen molar-refractivity contribution in [2.75, 3.05) is 39.3 Å². The fraction of sp³-hybridized carbons (Fsp3) is 1.00. The normalized spacial score (nSPS) is 24.3. The zero-order valence-corrected chi connectivity index (χ0v) is 14.2. The summed E-state index contributed by atoms with van der Waals surface area (Å²) in [6.07, 6.45) is 3.46. The van der Waals surface area contributed by atoms with Gasteiger partial charge >= 0.3 is 0 Å². The van der Waals surface area contributed by atoms with Crippen LogP contribution >= 0.6 is 0 Å². The summed E-state index contributed by atoms with van der Waals surface area (Å²) < 4.78 is 6.26. The van der Waals surface area contributed by atoms with Crippen LogP contribution in [-0.2, 0) is 4.74 Å². The standard InChI is InChI=1S/C17H34N2O/c1-14(2)10-18-8-6-15(7-9-18)20-16-11-19(12-16)13-17(3,4)5/h14-16H,6-13H2,1-5H3. The van der Waals surface area contributed by atoms with Crippen molar-refractivity contribution in [3.63, 3.8) is 0 Å². The van der Waals surface area contributed by atoms with Gasteiger partial charge in [-0.3, -0.25) is 4.90 Å². The van der Waals surface area contributed by atoms with Gasteiger partial charge in [-0.15, -0.1) is 0 Å². The lowest BCUT2D eigenvalue weighted by atomic mass is 9.94. The van der Waals surface area contributed by atoms with Crippen molar-refractivity contribution < 1.29 is 4.74 Å². The van der Waals surface area contributed by atoms with E-state index < -0.39 is 0 Å². The molecule has 20 heavy (non-hydrogen) atoms. The fourth-order valence-corrected chi connectivity index (χ4v) is 3.42. The molecule has 0 N–H and O–H groups in total. The number of hydrogen-bond acceptors (Lipinski definition) is 3. The third kappa shape index (κ3) is 5.34. The lowest BCUT2D eigenvalue weighted by molar-refractivity contribution is -0.113. The zero-order chi connectivity index (χ0) is 14.8. The quantitative estimate of drug-likeness (QED) is 0.771. The number of likely N-dealkylation sites (tertiary alicyclic amines) is 2. The first kappa shape index (κ1) is 16.3. The molecule has 118 valence electrons. The van der Waals surface area contributed by atoms with E-state index in [0.717, 1.165) is 19.0 Å². The highest BCUT2D eigenvalue weighted by Gasteiger charge is 2.32.